The third-order valence-corrected chi connectivity index (χ3v) is 5.62. The summed E-state index contributed by atoms with van der Waals surface area (Å²) in [6.45, 7) is 3.66. The van der Waals surface area contributed by atoms with Gasteiger partial charge in [-0.25, -0.2) is 9.97 Å². The van der Waals surface area contributed by atoms with Gasteiger partial charge in [-0.2, -0.15) is 0 Å². The Balaban J connectivity index is 1.55. The van der Waals surface area contributed by atoms with E-state index in [4.69, 9.17) is 14.2 Å². The van der Waals surface area contributed by atoms with E-state index in [1.54, 1.807) is 7.11 Å². The zero-order valence-corrected chi connectivity index (χ0v) is 16.4. The maximum Gasteiger partial charge on any atom is 0.261 e. The van der Waals surface area contributed by atoms with E-state index >= 15 is 0 Å². The molecule has 9 heteroatoms. The van der Waals surface area contributed by atoms with Crippen molar-refractivity contribution < 1.29 is 19.0 Å². The van der Waals surface area contributed by atoms with E-state index in [1.807, 2.05) is 25.1 Å². The summed E-state index contributed by atoms with van der Waals surface area (Å²) < 4.78 is 15.7. The van der Waals surface area contributed by atoms with Crippen LogP contribution in [0, 0.1) is 6.92 Å². The molecule has 0 spiro atoms. The molecular weight excluding hydrogens is 380 g/mol. The van der Waals surface area contributed by atoms with Crippen LogP contribution in [0.15, 0.2) is 24.5 Å². The maximum absolute atomic E-state index is 12.5. The van der Waals surface area contributed by atoms with Gasteiger partial charge in [-0.1, -0.05) is 6.07 Å². The Kier molecular flexibility index (Phi) is 5.27. The number of carbonyl (C=O) groups excluding carboxylic acids is 1. The number of rotatable bonds is 7. The normalized spacial score (nSPS) is 12.4. The van der Waals surface area contributed by atoms with Gasteiger partial charge in [0.2, 0.25) is 6.79 Å². The Morgan fingerprint density at radius 1 is 1.29 bits per heavy atom. The van der Waals surface area contributed by atoms with Crippen LogP contribution in [0.5, 0.6) is 11.5 Å². The predicted octanol–water partition coefficient (Wildman–Crippen LogP) is 2.72. The van der Waals surface area contributed by atoms with Crippen LogP contribution in [0.25, 0.3) is 10.2 Å². The Labute approximate surface area is 165 Å². The number of hydrogen-bond acceptors (Lipinski definition) is 8. The highest BCUT2D eigenvalue weighted by molar-refractivity contribution is 7.20. The molecule has 0 saturated heterocycles. The number of aryl methyl sites for hydroxylation is 1. The fourth-order valence-corrected chi connectivity index (χ4v) is 4.07. The van der Waals surface area contributed by atoms with Crippen molar-refractivity contribution in [3.63, 3.8) is 0 Å². The highest BCUT2D eigenvalue weighted by Crippen LogP contribution is 2.35. The van der Waals surface area contributed by atoms with Gasteiger partial charge in [0, 0.05) is 20.2 Å². The summed E-state index contributed by atoms with van der Waals surface area (Å²) in [4.78, 5) is 22.6. The van der Waals surface area contributed by atoms with Crippen molar-refractivity contribution in [1.29, 1.82) is 0 Å². The fraction of sp³-hybridized carbons (Fsp3) is 0.316. The molecule has 0 radical (unpaired) electrons. The van der Waals surface area contributed by atoms with Gasteiger partial charge in [0.25, 0.3) is 5.91 Å². The first kappa shape index (κ1) is 18.5. The number of fused-ring (bicyclic) bond motifs is 2. The topological polar surface area (TPSA) is 94.6 Å². The number of carbonyl (C=O) groups is 1. The number of nitrogens with zero attached hydrogens (tertiary/aromatic N) is 2. The zero-order valence-electron chi connectivity index (χ0n) is 15.6. The number of aromatic nitrogens is 2. The SMILES string of the molecule is COCCNC(=O)c1sc2ncnc(NCc3ccc4c(c3)OCO4)c2c1C. The number of anilines is 1. The molecule has 0 bridgehead atoms. The molecule has 0 aliphatic carbocycles. The second-order valence-electron chi connectivity index (χ2n) is 6.25. The second kappa shape index (κ2) is 7.99. The van der Waals surface area contributed by atoms with Crippen molar-refractivity contribution in [1.82, 2.24) is 15.3 Å². The van der Waals surface area contributed by atoms with E-state index in [0.29, 0.717) is 30.4 Å². The lowest BCUT2D eigenvalue weighted by Crippen LogP contribution is -2.26. The number of hydrogen-bond donors (Lipinski definition) is 2. The van der Waals surface area contributed by atoms with Crippen LogP contribution >= 0.6 is 11.3 Å². The predicted molar refractivity (Wildman–Crippen MR) is 106 cm³/mol. The quantitative estimate of drug-likeness (QED) is 0.589. The molecule has 3 heterocycles. The Morgan fingerprint density at radius 3 is 3.00 bits per heavy atom. The number of thiophene rings is 1. The lowest BCUT2D eigenvalue weighted by atomic mass is 10.1. The molecular formula is C19H20N4O4S. The molecule has 8 nitrogen and oxygen atoms in total. The summed E-state index contributed by atoms with van der Waals surface area (Å²) in [7, 11) is 1.60. The minimum Gasteiger partial charge on any atom is -0.454 e. The van der Waals surface area contributed by atoms with E-state index in [2.05, 4.69) is 20.6 Å². The number of nitrogens with one attached hydrogen (secondary N) is 2. The highest BCUT2D eigenvalue weighted by atomic mass is 32.1. The first-order valence-corrected chi connectivity index (χ1v) is 9.62. The lowest BCUT2D eigenvalue weighted by molar-refractivity contribution is 0.0940. The van der Waals surface area contributed by atoms with Gasteiger partial charge in [0.05, 0.1) is 16.9 Å². The third kappa shape index (κ3) is 3.58. The first-order valence-electron chi connectivity index (χ1n) is 8.81. The molecule has 146 valence electrons. The summed E-state index contributed by atoms with van der Waals surface area (Å²) in [6, 6.07) is 5.82. The standard InChI is InChI=1S/C19H20N4O4S/c1-11-15-17(21-8-12-3-4-13-14(7-12)27-10-26-13)22-9-23-19(15)28-16(11)18(24)20-5-6-25-2/h3-4,7,9H,5-6,8,10H2,1-2H3,(H,20,24)(H,21,22,23). The van der Waals surface area contributed by atoms with Gasteiger partial charge in [-0.15, -0.1) is 11.3 Å². The third-order valence-electron chi connectivity index (χ3n) is 4.42. The van der Waals surface area contributed by atoms with Crippen molar-refractivity contribution in [2.75, 3.05) is 32.4 Å². The van der Waals surface area contributed by atoms with E-state index < -0.39 is 0 Å². The van der Waals surface area contributed by atoms with E-state index in [9.17, 15) is 4.79 Å². The molecule has 1 amide bonds. The van der Waals surface area contributed by atoms with Crippen molar-refractivity contribution in [3.8, 4) is 11.5 Å². The van der Waals surface area contributed by atoms with Gasteiger partial charge in [-0.05, 0) is 30.2 Å². The summed E-state index contributed by atoms with van der Waals surface area (Å²) in [6.07, 6.45) is 1.51. The molecule has 28 heavy (non-hydrogen) atoms. The zero-order chi connectivity index (χ0) is 19.5. The molecule has 1 aliphatic rings. The molecule has 0 atom stereocenters. The van der Waals surface area contributed by atoms with E-state index in [0.717, 1.165) is 32.8 Å². The van der Waals surface area contributed by atoms with Crippen LogP contribution in [0.4, 0.5) is 5.82 Å². The Hall–Kier alpha value is -2.91. The second-order valence-corrected chi connectivity index (χ2v) is 7.25. The van der Waals surface area contributed by atoms with Crippen molar-refractivity contribution in [2.45, 2.75) is 13.5 Å². The molecule has 1 aromatic carbocycles. The van der Waals surface area contributed by atoms with Gasteiger partial charge in [0.1, 0.15) is 17.0 Å². The van der Waals surface area contributed by atoms with Gasteiger partial charge >= 0.3 is 0 Å². The van der Waals surface area contributed by atoms with Crippen molar-refractivity contribution in [2.24, 2.45) is 0 Å². The number of benzene rings is 1. The molecule has 2 N–H and O–H groups in total. The average Bonchev–Trinajstić information content (AvgIpc) is 3.31. The van der Waals surface area contributed by atoms with Gasteiger partial charge < -0.3 is 24.8 Å². The molecule has 0 fully saturated rings. The number of ether oxygens (including phenoxy) is 3. The smallest absolute Gasteiger partial charge is 0.261 e. The van der Waals surface area contributed by atoms with Crippen LogP contribution in [-0.4, -0.2) is 42.9 Å². The lowest BCUT2D eigenvalue weighted by Gasteiger charge is -2.08. The maximum atomic E-state index is 12.5. The monoisotopic (exact) mass is 400 g/mol. The summed E-state index contributed by atoms with van der Waals surface area (Å²) in [5, 5.41) is 7.07. The molecule has 0 unspecified atom stereocenters. The van der Waals surface area contributed by atoms with Crippen molar-refractivity contribution >= 4 is 33.3 Å². The van der Waals surface area contributed by atoms with Crippen LogP contribution in [0.3, 0.4) is 0 Å². The van der Waals surface area contributed by atoms with Crippen LogP contribution < -0.4 is 20.1 Å². The summed E-state index contributed by atoms with van der Waals surface area (Å²) >= 11 is 1.36. The van der Waals surface area contributed by atoms with Gasteiger partial charge in [0.15, 0.2) is 11.5 Å². The van der Waals surface area contributed by atoms with Crippen LogP contribution in [0.2, 0.25) is 0 Å². The van der Waals surface area contributed by atoms with E-state index in [1.165, 1.54) is 17.7 Å². The largest absolute Gasteiger partial charge is 0.454 e. The molecule has 2 aromatic heterocycles. The number of methoxy groups -OCH3 is 1. The molecule has 0 saturated carbocycles. The Morgan fingerprint density at radius 2 is 2.14 bits per heavy atom. The van der Waals surface area contributed by atoms with E-state index in [-0.39, 0.29) is 12.7 Å². The number of amides is 1. The minimum atomic E-state index is -0.126. The highest BCUT2D eigenvalue weighted by Gasteiger charge is 2.19. The molecule has 1 aliphatic heterocycles. The fourth-order valence-electron chi connectivity index (χ4n) is 3.01. The van der Waals surface area contributed by atoms with Crippen LogP contribution in [-0.2, 0) is 11.3 Å². The summed E-state index contributed by atoms with van der Waals surface area (Å²) in [5.41, 5.74) is 1.91. The van der Waals surface area contributed by atoms with Crippen LogP contribution in [0.1, 0.15) is 20.8 Å². The molecule has 4 rings (SSSR count). The average molecular weight is 400 g/mol. The molecule has 3 aromatic rings. The minimum absolute atomic E-state index is 0.126. The van der Waals surface area contributed by atoms with Crippen molar-refractivity contribution in [3.05, 3.63) is 40.5 Å². The Bertz CT molecular complexity index is 1020. The first-order chi connectivity index (χ1) is 13.7. The summed E-state index contributed by atoms with van der Waals surface area (Å²) in [5.74, 6) is 2.08. The van der Waals surface area contributed by atoms with Gasteiger partial charge in [-0.3, -0.25) is 4.79 Å².